The van der Waals surface area contributed by atoms with Gasteiger partial charge in [-0.25, -0.2) is 4.68 Å². The average Bonchev–Trinajstić information content (AvgIpc) is 2.38. The van der Waals surface area contributed by atoms with Crippen LogP contribution in [-0.4, -0.2) is 15.7 Å². The van der Waals surface area contributed by atoms with E-state index >= 15 is 0 Å². The van der Waals surface area contributed by atoms with Crippen LogP contribution in [0.25, 0.3) is 0 Å². The summed E-state index contributed by atoms with van der Waals surface area (Å²) in [5, 5.41) is 6.59. The van der Waals surface area contributed by atoms with Crippen LogP contribution in [0.4, 0.5) is 11.4 Å². The fourth-order valence-corrected chi connectivity index (χ4v) is 1.60. The number of nitrogens with two attached hydrogens (primary N) is 1. The number of anilines is 2. The van der Waals surface area contributed by atoms with Crippen LogP contribution < -0.4 is 16.6 Å². The maximum Gasteiger partial charge on any atom is 0.266 e. The van der Waals surface area contributed by atoms with E-state index in [0.29, 0.717) is 11.4 Å². The molecular formula is C13H14N4O2. The third-order valence-corrected chi connectivity index (χ3v) is 2.51. The number of benzene rings is 1. The van der Waals surface area contributed by atoms with Crippen molar-refractivity contribution in [1.29, 1.82) is 0 Å². The minimum atomic E-state index is -0.223. The van der Waals surface area contributed by atoms with Crippen LogP contribution in [0.1, 0.15) is 6.42 Å². The van der Waals surface area contributed by atoms with Crippen molar-refractivity contribution in [2.75, 3.05) is 11.1 Å². The molecular weight excluding hydrogens is 244 g/mol. The van der Waals surface area contributed by atoms with Gasteiger partial charge in [-0.1, -0.05) is 6.07 Å². The van der Waals surface area contributed by atoms with Crippen molar-refractivity contribution >= 4 is 17.3 Å². The Hall–Kier alpha value is -2.63. The molecule has 0 aliphatic rings. The van der Waals surface area contributed by atoms with Crippen LogP contribution in [0, 0.1) is 0 Å². The summed E-state index contributed by atoms with van der Waals surface area (Å²) in [5.41, 5.74) is 6.61. The van der Waals surface area contributed by atoms with Crippen molar-refractivity contribution in [3.05, 3.63) is 52.9 Å². The third kappa shape index (κ3) is 3.67. The number of amides is 1. The molecule has 19 heavy (non-hydrogen) atoms. The molecule has 0 bridgehead atoms. The molecule has 1 aromatic carbocycles. The van der Waals surface area contributed by atoms with Crippen LogP contribution >= 0.6 is 0 Å². The normalized spacial score (nSPS) is 10.1. The summed E-state index contributed by atoms with van der Waals surface area (Å²) in [6, 6.07) is 9.89. The molecule has 1 aromatic heterocycles. The lowest BCUT2D eigenvalue weighted by Crippen LogP contribution is -2.24. The van der Waals surface area contributed by atoms with Gasteiger partial charge in [0.1, 0.15) is 0 Å². The van der Waals surface area contributed by atoms with Crippen molar-refractivity contribution in [3.8, 4) is 0 Å². The molecule has 0 fully saturated rings. The SMILES string of the molecule is Nc1cccc(NC(=O)CCn2ncccc2=O)c1. The van der Waals surface area contributed by atoms with Crippen LogP contribution in [0.2, 0.25) is 0 Å². The second kappa shape index (κ2) is 5.81. The Bertz CT molecular complexity index is 636. The second-order valence-corrected chi connectivity index (χ2v) is 4.01. The Morgan fingerprint density at radius 2 is 2.16 bits per heavy atom. The van der Waals surface area contributed by atoms with Gasteiger partial charge in [-0.15, -0.1) is 0 Å². The Balaban J connectivity index is 1.92. The maximum absolute atomic E-state index is 11.7. The zero-order valence-electron chi connectivity index (χ0n) is 10.2. The van der Waals surface area contributed by atoms with Crippen molar-refractivity contribution in [2.45, 2.75) is 13.0 Å². The van der Waals surface area contributed by atoms with Crippen LogP contribution in [0.15, 0.2) is 47.4 Å². The van der Waals surface area contributed by atoms with E-state index in [1.165, 1.54) is 16.9 Å². The van der Waals surface area contributed by atoms with Gasteiger partial charge < -0.3 is 11.1 Å². The van der Waals surface area contributed by atoms with Crippen molar-refractivity contribution in [3.63, 3.8) is 0 Å². The Morgan fingerprint density at radius 1 is 1.32 bits per heavy atom. The molecule has 0 saturated heterocycles. The average molecular weight is 258 g/mol. The zero-order valence-corrected chi connectivity index (χ0v) is 10.2. The number of nitrogen functional groups attached to an aromatic ring is 1. The van der Waals surface area contributed by atoms with Crippen molar-refractivity contribution in [2.24, 2.45) is 0 Å². The van der Waals surface area contributed by atoms with E-state index in [2.05, 4.69) is 10.4 Å². The van der Waals surface area contributed by atoms with Crippen molar-refractivity contribution in [1.82, 2.24) is 9.78 Å². The second-order valence-electron chi connectivity index (χ2n) is 4.01. The molecule has 0 aliphatic carbocycles. The van der Waals surface area contributed by atoms with Gasteiger partial charge in [0.15, 0.2) is 0 Å². The fraction of sp³-hybridized carbons (Fsp3) is 0.154. The van der Waals surface area contributed by atoms with Gasteiger partial charge in [0.2, 0.25) is 5.91 Å². The van der Waals surface area contributed by atoms with Crippen LogP contribution in [0.5, 0.6) is 0 Å². The molecule has 0 saturated carbocycles. The van der Waals surface area contributed by atoms with E-state index in [1.54, 1.807) is 30.3 Å². The topological polar surface area (TPSA) is 90.0 Å². The molecule has 1 amide bonds. The van der Waals surface area contributed by atoms with E-state index in [0.717, 1.165) is 0 Å². The quantitative estimate of drug-likeness (QED) is 0.796. The minimum Gasteiger partial charge on any atom is -0.399 e. The molecule has 1 heterocycles. The number of rotatable bonds is 4. The predicted molar refractivity (Wildman–Crippen MR) is 72.6 cm³/mol. The molecule has 98 valence electrons. The highest BCUT2D eigenvalue weighted by molar-refractivity contribution is 5.91. The van der Waals surface area contributed by atoms with E-state index in [4.69, 9.17) is 5.73 Å². The smallest absolute Gasteiger partial charge is 0.266 e. The van der Waals surface area contributed by atoms with Crippen LogP contribution in [0.3, 0.4) is 0 Å². The fourth-order valence-electron chi connectivity index (χ4n) is 1.60. The van der Waals surface area contributed by atoms with Crippen LogP contribution in [-0.2, 0) is 11.3 Å². The highest BCUT2D eigenvalue weighted by Crippen LogP contribution is 2.11. The van der Waals surface area contributed by atoms with Gasteiger partial charge in [0, 0.05) is 30.1 Å². The van der Waals surface area contributed by atoms with Gasteiger partial charge >= 0.3 is 0 Å². The molecule has 0 aliphatic heterocycles. The molecule has 0 spiro atoms. The number of carbonyl (C=O) groups excluding carboxylic acids is 1. The number of aromatic nitrogens is 2. The molecule has 3 N–H and O–H groups in total. The number of aryl methyl sites for hydroxylation is 1. The Kier molecular flexibility index (Phi) is 3.92. The first-order valence-electron chi connectivity index (χ1n) is 5.83. The summed E-state index contributed by atoms with van der Waals surface area (Å²) in [7, 11) is 0. The number of nitrogens with one attached hydrogen (secondary N) is 1. The standard InChI is InChI=1S/C13H14N4O2/c14-10-3-1-4-11(9-10)16-12(18)6-8-17-13(19)5-2-7-15-17/h1-5,7,9H,6,8,14H2,(H,16,18). The monoisotopic (exact) mass is 258 g/mol. The highest BCUT2D eigenvalue weighted by atomic mass is 16.2. The molecule has 0 atom stereocenters. The summed E-state index contributed by atoms with van der Waals surface area (Å²) in [6.45, 7) is 0.244. The largest absolute Gasteiger partial charge is 0.399 e. The zero-order chi connectivity index (χ0) is 13.7. The maximum atomic E-state index is 11.7. The molecule has 0 radical (unpaired) electrons. The Labute approximate surface area is 109 Å². The molecule has 6 heteroatoms. The first-order chi connectivity index (χ1) is 9.15. The summed E-state index contributed by atoms with van der Waals surface area (Å²) >= 11 is 0. The highest BCUT2D eigenvalue weighted by Gasteiger charge is 2.04. The molecule has 6 nitrogen and oxygen atoms in total. The Morgan fingerprint density at radius 3 is 2.89 bits per heavy atom. The predicted octanol–water partition coefficient (Wildman–Crippen LogP) is 0.854. The molecule has 2 aromatic rings. The van der Waals surface area contributed by atoms with E-state index in [1.807, 2.05) is 0 Å². The van der Waals surface area contributed by atoms with E-state index in [-0.39, 0.29) is 24.4 Å². The summed E-state index contributed by atoms with van der Waals surface area (Å²) in [4.78, 5) is 23.1. The number of hydrogen-bond donors (Lipinski definition) is 2. The molecule has 0 unspecified atom stereocenters. The number of nitrogens with zero attached hydrogens (tertiary/aromatic N) is 2. The molecule has 2 rings (SSSR count). The lowest BCUT2D eigenvalue weighted by atomic mass is 10.2. The lowest BCUT2D eigenvalue weighted by Gasteiger charge is -2.06. The van der Waals surface area contributed by atoms with Crippen molar-refractivity contribution < 1.29 is 4.79 Å². The van der Waals surface area contributed by atoms with Gasteiger partial charge in [-0.2, -0.15) is 5.10 Å². The van der Waals surface area contributed by atoms with Gasteiger partial charge in [0.05, 0.1) is 6.54 Å². The van der Waals surface area contributed by atoms with Gasteiger partial charge in [0.25, 0.3) is 5.56 Å². The minimum absolute atomic E-state index is 0.172. The first kappa shape index (κ1) is 12.8. The van der Waals surface area contributed by atoms with Gasteiger partial charge in [-0.05, 0) is 24.3 Å². The number of carbonyl (C=O) groups is 1. The summed E-state index contributed by atoms with van der Waals surface area (Å²) in [5.74, 6) is -0.192. The van der Waals surface area contributed by atoms with Gasteiger partial charge in [-0.3, -0.25) is 9.59 Å². The number of hydrogen-bond acceptors (Lipinski definition) is 4. The summed E-state index contributed by atoms with van der Waals surface area (Å²) < 4.78 is 1.25. The lowest BCUT2D eigenvalue weighted by molar-refractivity contribution is -0.116. The van der Waals surface area contributed by atoms with E-state index in [9.17, 15) is 9.59 Å². The van der Waals surface area contributed by atoms with E-state index < -0.39 is 0 Å². The first-order valence-corrected chi connectivity index (χ1v) is 5.83. The summed E-state index contributed by atoms with van der Waals surface area (Å²) in [6.07, 6.45) is 1.68. The third-order valence-electron chi connectivity index (χ3n) is 2.51.